The molecule has 1 atom stereocenters. The molecule has 0 aromatic carbocycles. The quantitative estimate of drug-likeness (QED) is 0.792. The van der Waals surface area contributed by atoms with Crippen molar-refractivity contribution in [3.8, 4) is 0 Å². The molecule has 2 fully saturated rings. The lowest BCUT2D eigenvalue weighted by Crippen LogP contribution is -2.65. The van der Waals surface area contributed by atoms with Gasteiger partial charge < -0.3 is 10.5 Å². The molecule has 2 N–H and O–H groups in total. The van der Waals surface area contributed by atoms with Gasteiger partial charge in [-0.05, 0) is 31.6 Å². The van der Waals surface area contributed by atoms with E-state index in [2.05, 4.69) is 25.7 Å². The summed E-state index contributed by atoms with van der Waals surface area (Å²) >= 11 is 0. The minimum absolute atomic E-state index is 0.299. The second-order valence-corrected chi connectivity index (χ2v) is 5.97. The van der Waals surface area contributed by atoms with Gasteiger partial charge in [-0.15, -0.1) is 0 Å². The molecule has 0 aromatic rings. The third-order valence-corrected chi connectivity index (χ3v) is 4.52. The van der Waals surface area contributed by atoms with E-state index in [-0.39, 0.29) is 0 Å². The summed E-state index contributed by atoms with van der Waals surface area (Å²) in [5, 5.41) is 0. The maximum absolute atomic E-state index is 6.02. The highest BCUT2D eigenvalue weighted by Gasteiger charge is 2.48. The fraction of sp³-hybridized carbons (Fsp3) is 1.00. The fourth-order valence-corrected chi connectivity index (χ4v) is 3.19. The minimum Gasteiger partial charge on any atom is -0.376 e. The number of nitrogens with zero attached hydrogens (tertiary/aromatic N) is 1. The van der Waals surface area contributed by atoms with Gasteiger partial charge in [-0.2, -0.15) is 0 Å². The molecule has 0 bridgehead atoms. The first-order valence-corrected chi connectivity index (χ1v) is 6.64. The van der Waals surface area contributed by atoms with Crippen LogP contribution in [0.15, 0.2) is 0 Å². The largest absolute Gasteiger partial charge is 0.376 e. The highest BCUT2D eigenvalue weighted by atomic mass is 16.5. The van der Waals surface area contributed by atoms with E-state index in [1.807, 2.05) is 0 Å². The lowest BCUT2D eigenvalue weighted by atomic mass is 9.63. The average molecular weight is 226 g/mol. The third-order valence-electron chi connectivity index (χ3n) is 4.52. The molecule has 1 saturated heterocycles. The molecule has 0 aromatic heterocycles. The van der Waals surface area contributed by atoms with Crippen LogP contribution in [0.4, 0.5) is 0 Å². The van der Waals surface area contributed by atoms with Crippen LogP contribution >= 0.6 is 0 Å². The van der Waals surface area contributed by atoms with Crippen LogP contribution in [-0.2, 0) is 4.74 Å². The van der Waals surface area contributed by atoms with E-state index in [1.54, 1.807) is 0 Å². The van der Waals surface area contributed by atoms with Crippen molar-refractivity contribution in [2.75, 3.05) is 26.2 Å². The van der Waals surface area contributed by atoms with Crippen molar-refractivity contribution < 1.29 is 4.74 Å². The van der Waals surface area contributed by atoms with Crippen LogP contribution in [-0.4, -0.2) is 42.8 Å². The molecule has 0 spiro atoms. The summed E-state index contributed by atoms with van der Waals surface area (Å²) in [7, 11) is 0. The summed E-state index contributed by atoms with van der Waals surface area (Å²) in [5.74, 6) is 1.68. The lowest BCUT2D eigenvalue weighted by Gasteiger charge is -2.57. The van der Waals surface area contributed by atoms with Gasteiger partial charge in [0.05, 0.1) is 12.7 Å². The maximum Gasteiger partial charge on any atom is 0.0674 e. The maximum atomic E-state index is 6.02. The highest BCUT2D eigenvalue weighted by molar-refractivity contribution is 5.04. The molecule has 3 nitrogen and oxygen atoms in total. The average Bonchev–Trinajstić information content (AvgIpc) is 2.16. The molecule has 0 radical (unpaired) electrons. The lowest BCUT2D eigenvalue weighted by molar-refractivity contribution is -0.106. The Morgan fingerprint density at radius 1 is 1.44 bits per heavy atom. The van der Waals surface area contributed by atoms with Crippen LogP contribution in [0.3, 0.4) is 0 Å². The van der Waals surface area contributed by atoms with E-state index in [0.29, 0.717) is 11.6 Å². The first-order valence-electron chi connectivity index (χ1n) is 6.64. The van der Waals surface area contributed by atoms with Crippen molar-refractivity contribution in [1.82, 2.24) is 4.90 Å². The van der Waals surface area contributed by atoms with Gasteiger partial charge >= 0.3 is 0 Å². The van der Waals surface area contributed by atoms with Crippen LogP contribution in [0.1, 0.15) is 33.6 Å². The smallest absolute Gasteiger partial charge is 0.0674 e. The summed E-state index contributed by atoms with van der Waals surface area (Å²) < 4.78 is 5.61. The topological polar surface area (TPSA) is 38.5 Å². The molecule has 0 amide bonds. The zero-order valence-electron chi connectivity index (χ0n) is 10.9. The van der Waals surface area contributed by atoms with E-state index in [1.165, 1.54) is 12.8 Å². The number of nitrogens with two attached hydrogens (primary N) is 1. The van der Waals surface area contributed by atoms with Crippen molar-refractivity contribution in [2.45, 2.75) is 45.3 Å². The van der Waals surface area contributed by atoms with Gasteiger partial charge in [0.15, 0.2) is 0 Å². The molecule has 1 aliphatic carbocycles. The Morgan fingerprint density at radius 2 is 2.12 bits per heavy atom. The molecule has 1 heterocycles. The number of hydrogen-bond acceptors (Lipinski definition) is 3. The van der Waals surface area contributed by atoms with Gasteiger partial charge in [0.1, 0.15) is 0 Å². The molecule has 1 unspecified atom stereocenters. The van der Waals surface area contributed by atoms with Gasteiger partial charge in [-0.3, -0.25) is 4.90 Å². The predicted molar refractivity (Wildman–Crippen MR) is 66.3 cm³/mol. The normalized spacial score (nSPS) is 41.1. The van der Waals surface area contributed by atoms with Gasteiger partial charge in [-0.1, -0.05) is 13.8 Å². The summed E-state index contributed by atoms with van der Waals surface area (Å²) in [4.78, 5) is 2.58. The molecule has 1 saturated carbocycles. The first-order chi connectivity index (χ1) is 7.57. The molecule has 16 heavy (non-hydrogen) atoms. The van der Waals surface area contributed by atoms with Crippen LogP contribution in [0.25, 0.3) is 0 Å². The second-order valence-electron chi connectivity index (χ2n) is 5.97. The van der Waals surface area contributed by atoms with Crippen molar-refractivity contribution >= 4 is 0 Å². The summed E-state index contributed by atoms with van der Waals surface area (Å²) in [6.07, 6.45) is 2.94. The van der Waals surface area contributed by atoms with E-state index in [9.17, 15) is 0 Å². The van der Waals surface area contributed by atoms with Crippen molar-refractivity contribution in [3.63, 3.8) is 0 Å². The monoisotopic (exact) mass is 226 g/mol. The fourth-order valence-electron chi connectivity index (χ4n) is 3.19. The molecule has 2 aliphatic rings. The van der Waals surface area contributed by atoms with E-state index in [4.69, 9.17) is 10.5 Å². The Kier molecular flexibility index (Phi) is 3.57. The summed E-state index contributed by atoms with van der Waals surface area (Å²) in [6, 6.07) is 0. The third kappa shape index (κ3) is 2.13. The molecular weight excluding hydrogens is 200 g/mol. The Morgan fingerprint density at radius 3 is 2.62 bits per heavy atom. The Bertz CT molecular complexity index is 236. The van der Waals surface area contributed by atoms with E-state index < -0.39 is 0 Å². The zero-order valence-corrected chi connectivity index (χ0v) is 10.9. The van der Waals surface area contributed by atoms with Crippen LogP contribution in [0, 0.1) is 11.8 Å². The molecule has 3 heteroatoms. The van der Waals surface area contributed by atoms with Gasteiger partial charge in [0.2, 0.25) is 0 Å². The van der Waals surface area contributed by atoms with Crippen molar-refractivity contribution in [3.05, 3.63) is 0 Å². The zero-order chi connectivity index (χ0) is 11.8. The summed E-state index contributed by atoms with van der Waals surface area (Å²) in [5.41, 5.74) is 6.32. The van der Waals surface area contributed by atoms with E-state index >= 15 is 0 Å². The van der Waals surface area contributed by atoms with Gasteiger partial charge in [0.25, 0.3) is 0 Å². The minimum atomic E-state index is 0.299. The van der Waals surface area contributed by atoms with Crippen LogP contribution in [0.5, 0.6) is 0 Å². The molecular formula is C13H26N2O. The molecule has 1 aliphatic heterocycles. The first kappa shape index (κ1) is 12.3. The number of ether oxygens (including phenoxy) is 1. The SMILES string of the molecule is CC1CN(C2(CN)CC(C(C)C)C2)CCO1. The molecule has 2 rings (SSSR count). The number of morpholine rings is 1. The Hall–Kier alpha value is -0.120. The van der Waals surface area contributed by atoms with Crippen LogP contribution in [0.2, 0.25) is 0 Å². The second kappa shape index (κ2) is 4.63. The van der Waals surface area contributed by atoms with Gasteiger partial charge in [0, 0.05) is 25.2 Å². The van der Waals surface area contributed by atoms with E-state index in [0.717, 1.165) is 38.1 Å². The number of hydrogen-bond donors (Lipinski definition) is 1. The highest BCUT2D eigenvalue weighted by Crippen LogP contribution is 2.45. The van der Waals surface area contributed by atoms with Crippen LogP contribution < -0.4 is 5.73 Å². The van der Waals surface area contributed by atoms with Crippen molar-refractivity contribution in [1.29, 1.82) is 0 Å². The van der Waals surface area contributed by atoms with Crippen molar-refractivity contribution in [2.24, 2.45) is 17.6 Å². The summed E-state index contributed by atoms with van der Waals surface area (Å²) in [6.45, 7) is 10.6. The van der Waals surface area contributed by atoms with Gasteiger partial charge in [-0.25, -0.2) is 0 Å². The predicted octanol–water partition coefficient (Wildman–Crippen LogP) is 1.47. The standard InChI is InChI=1S/C13H26N2O/c1-10(2)12-6-13(7-12,9-14)15-4-5-16-11(3)8-15/h10-12H,4-9,14H2,1-3H3. The Balaban J connectivity index is 1.95. The number of rotatable bonds is 3. The molecule has 94 valence electrons. The Labute approximate surface area is 99.3 Å².